The van der Waals surface area contributed by atoms with E-state index in [0.29, 0.717) is 61.2 Å². The van der Waals surface area contributed by atoms with Crippen molar-refractivity contribution in [2.75, 3.05) is 49.9 Å². The summed E-state index contributed by atoms with van der Waals surface area (Å²) in [5.74, 6) is 0.744. The van der Waals surface area contributed by atoms with Crippen molar-refractivity contribution in [3.05, 3.63) is 41.2 Å². The molecule has 194 valence electrons. The van der Waals surface area contributed by atoms with E-state index in [0.717, 1.165) is 18.4 Å². The van der Waals surface area contributed by atoms with E-state index in [2.05, 4.69) is 45.7 Å². The van der Waals surface area contributed by atoms with E-state index < -0.39 is 11.6 Å². The highest BCUT2D eigenvalue weighted by Gasteiger charge is 2.58. The van der Waals surface area contributed by atoms with Gasteiger partial charge in [0.1, 0.15) is 29.0 Å². The van der Waals surface area contributed by atoms with Gasteiger partial charge in [0.15, 0.2) is 6.29 Å². The Hall–Kier alpha value is -3.59. The van der Waals surface area contributed by atoms with Crippen molar-refractivity contribution >= 4 is 29.6 Å². The van der Waals surface area contributed by atoms with Crippen LogP contribution in [-0.2, 0) is 15.1 Å². The summed E-state index contributed by atoms with van der Waals surface area (Å²) in [6, 6.07) is 7.27. The summed E-state index contributed by atoms with van der Waals surface area (Å²) in [5.41, 5.74) is 1.52. The highest BCUT2D eigenvalue weighted by Crippen LogP contribution is 2.56. The molecule has 0 saturated heterocycles. The second kappa shape index (κ2) is 10.0. The number of anilines is 3. The second-order valence-electron chi connectivity index (χ2n) is 10.1. The molecule has 0 spiro atoms. The molecule has 2 amide bonds. The molecule has 2 N–H and O–H groups in total. The highest BCUT2D eigenvalue weighted by molar-refractivity contribution is 6.03. The molecular weight excluding hydrogens is 474 g/mol. The molecular formula is C26H31N7O4. The maximum atomic E-state index is 13.5. The first-order valence-electron chi connectivity index (χ1n) is 12.4. The van der Waals surface area contributed by atoms with Crippen molar-refractivity contribution in [3.8, 4) is 6.07 Å². The minimum atomic E-state index is -0.488. The molecule has 2 fully saturated rings. The number of pyridine rings is 2. The minimum absolute atomic E-state index is 0.107. The number of nitriles is 1. The topological polar surface area (TPSA) is 133 Å². The van der Waals surface area contributed by atoms with E-state index in [1.54, 1.807) is 24.1 Å². The number of amides is 2. The monoisotopic (exact) mass is 505 g/mol. The Labute approximate surface area is 215 Å². The Morgan fingerprint density at radius 2 is 2.14 bits per heavy atom. The summed E-state index contributed by atoms with van der Waals surface area (Å²) >= 11 is 0. The number of urea groups is 1. The molecule has 6 rings (SSSR count). The lowest BCUT2D eigenvalue weighted by molar-refractivity contribution is -0.189. The Morgan fingerprint density at radius 1 is 1.35 bits per heavy atom. The minimum Gasteiger partial charge on any atom is -0.383 e. The number of hydrogen-bond donors (Lipinski definition) is 2. The lowest BCUT2D eigenvalue weighted by Gasteiger charge is -2.58. The van der Waals surface area contributed by atoms with Crippen molar-refractivity contribution < 1.29 is 19.1 Å². The third-order valence-electron chi connectivity index (χ3n) is 7.52. The Balaban J connectivity index is 1.37. The van der Waals surface area contributed by atoms with Crippen molar-refractivity contribution in [2.24, 2.45) is 0 Å². The molecule has 2 aromatic heterocycles. The van der Waals surface area contributed by atoms with Crippen LogP contribution in [0.4, 0.5) is 22.1 Å². The van der Waals surface area contributed by atoms with Gasteiger partial charge in [-0.2, -0.15) is 5.26 Å². The van der Waals surface area contributed by atoms with Crippen LogP contribution in [0, 0.1) is 11.3 Å². The van der Waals surface area contributed by atoms with Crippen LogP contribution in [0.15, 0.2) is 24.4 Å². The molecule has 0 aromatic carbocycles. The fourth-order valence-electron chi connectivity index (χ4n) is 5.36. The summed E-state index contributed by atoms with van der Waals surface area (Å²) in [4.78, 5) is 37.6. The van der Waals surface area contributed by atoms with E-state index in [1.165, 1.54) is 6.20 Å². The van der Waals surface area contributed by atoms with Crippen LogP contribution in [0.1, 0.15) is 47.3 Å². The average molecular weight is 506 g/mol. The van der Waals surface area contributed by atoms with Gasteiger partial charge in [-0.3, -0.25) is 15.0 Å². The number of aldehydes is 1. The molecule has 0 radical (unpaired) electrons. The predicted octanol–water partition coefficient (Wildman–Crippen LogP) is 2.74. The van der Waals surface area contributed by atoms with Gasteiger partial charge in [-0.25, -0.2) is 14.8 Å². The molecule has 4 aliphatic rings. The first kappa shape index (κ1) is 25.1. The van der Waals surface area contributed by atoms with Gasteiger partial charge in [-0.1, -0.05) is 6.07 Å². The fraction of sp³-hybridized carbons (Fsp3) is 0.500. The quantitative estimate of drug-likeness (QED) is 0.390. The van der Waals surface area contributed by atoms with Gasteiger partial charge in [-0.15, -0.1) is 0 Å². The van der Waals surface area contributed by atoms with Gasteiger partial charge < -0.3 is 19.7 Å². The molecule has 4 heterocycles. The Bertz CT molecular complexity index is 1230. The average Bonchev–Trinajstić information content (AvgIpc) is 2.84. The van der Waals surface area contributed by atoms with E-state index in [1.807, 2.05) is 6.07 Å². The van der Waals surface area contributed by atoms with E-state index >= 15 is 0 Å². The summed E-state index contributed by atoms with van der Waals surface area (Å²) in [6.45, 7) is 0.966. The van der Waals surface area contributed by atoms with Gasteiger partial charge in [0.2, 0.25) is 0 Å². The number of rotatable bonds is 9. The van der Waals surface area contributed by atoms with E-state index in [9.17, 15) is 14.9 Å². The van der Waals surface area contributed by atoms with Gasteiger partial charge in [0, 0.05) is 56.4 Å². The molecule has 2 aromatic rings. The maximum absolute atomic E-state index is 13.5. The predicted molar refractivity (Wildman–Crippen MR) is 137 cm³/mol. The zero-order chi connectivity index (χ0) is 26.2. The Morgan fingerprint density at radius 3 is 2.81 bits per heavy atom. The van der Waals surface area contributed by atoms with E-state index in [-0.39, 0.29) is 17.8 Å². The van der Waals surface area contributed by atoms with Crippen molar-refractivity contribution in [2.45, 2.75) is 49.5 Å². The number of carbonyl (C=O) groups excluding carboxylic acids is 2. The molecule has 37 heavy (non-hydrogen) atoms. The smallest absolute Gasteiger partial charge is 0.328 e. The summed E-state index contributed by atoms with van der Waals surface area (Å²) in [7, 11) is 5.76. The van der Waals surface area contributed by atoms with Gasteiger partial charge in [0.05, 0.1) is 24.0 Å². The largest absolute Gasteiger partial charge is 0.383 e. The van der Waals surface area contributed by atoms with Crippen LogP contribution in [-0.4, -0.2) is 79.7 Å². The SMILES string of the molecule is COCCNc1cc(NC(=O)N2c3nc(C=O)ccc3C3(OC4CC(N(C)C)C4)CC2C3)ncc1C#N. The molecule has 11 nitrogen and oxygen atoms in total. The molecule has 2 aliphatic carbocycles. The van der Waals surface area contributed by atoms with Crippen molar-refractivity contribution in [1.29, 1.82) is 5.26 Å². The second-order valence-corrected chi connectivity index (χ2v) is 10.1. The van der Waals surface area contributed by atoms with Crippen LogP contribution < -0.4 is 15.5 Å². The fourth-order valence-corrected chi connectivity index (χ4v) is 5.36. The first-order chi connectivity index (χ1) is 17.9. The number of ether oxygens (including phenoxy) is 2. The van der Waals surface area contributed by atoms with E-state index in [4.69, 9.17) is 9.47 Å². The number of hydrogen-bond acceptors (Lipinski definition) is 9. The number of methoxy groups -OCH3 is 1. The third kappa shape index (κ3) is 4.64. The van der Waals surface area contributed by atoms with Crippen LogP contribution in [0.3, 0.4) is 0 Å². The van der Waals surface area contributed by atoms with Gasteiger partial charge in [0.25, 0.3) is 0 Å². The summed E-state index contributed by atoms with van der Waals surface area (Å²) < 4.78 is 11.7. The lowest BCUT2D eigenvalue weighted by atomic mass is 9.66. The number of aromatic nitrogens is 2. The maximum Gasteiger partial charge on any atom is 0.328 e. The van der Waals surface area contributed by atoms with Crippen molar-refractivity contribution in [1.82, 2.24) is 14.9 Å². The zero-order valence-electron chi connectivity index (χ0n) is 21.2. The first-order valence-corrected chi connectivity index (χ1v) is 12.4. The van der Waals surface area contributed by atoms with Crippen molar-refractivity contribution in [3.63, 3.8) is 0 Å². The number of carbonyl (C=O) groups is 2. The normalized spacial score (nSPS) is 25.4. The van der Waals surface area contributed by atoms with Crippen LogP contribution >= 0.6 is 0 Å². The standard InChI is InChI=1S/C26H31N7O4/c1-32(2)18-8-20(9-18)37-26-11-19(12-26)33(24-21(26)5-4-17(15-34)30-24)25(35)31-23-10-22(28-6-7-36-3)16(13-27)14-29-23/h4-5,10,14-15,18-20H,6-9,11-12H2,1-3H3,(H2,28,29,31,35). The number of nitrogens with zero attached hydrogens (tertiary/aromatic N) is 5. The molecule has 2 aliphatic heterocycles. The van der Waals surface area contributed by atoms with Crippen LogP contribution in [0.2, 0.25) is 0 Å². The molecule has 2 bridgehead atoms. The molecule has 0 unspecified atom stereocenters. The Kier molecular flexibility index (Phi) is 6.81. The van der Waals surface area contributed by atoms with Crippen LogP contribution in [0.25, 0.3) is 0 Å². The van der Waals surface area contributed by atoms with Gasteiger partial charge >= 0.3 is 6.03 Å². The summed E-state index contributed by atoms with van der Waals surface area (Å²) in [5, 5.41) is 15.4. The number of nitrogens with one attached hydrogen (secondary N) is 2. The van der Waals surface area contributed by atoms with Gasteiger partial charge in [-0.05, 0) is 33.0 Å². The molecule has 0 atom stereocenters. The third-order valence-corrected chi connectivity index (χ3v) is 7.52. The van der Waals surface area contributed by atoms with Crippen LogP contribution in [0.5, 0.6) is 0 Å². The molecule has 11 heteroatoms. The summed E-state index contributed by atoms with van der Waals surface area (Å²) in [6.07, 6.45) is 5.55. The molecule has 2 saturated carbocycles. The zero-order valence-corrected chi connectivity index (χ0v) is 21.2. The highest BCUT2D eigenvalue weighted by atomic mass is 16.5. The lowest BCUT2D eigenvalue weighted by Crippen LogP contribution is -2.64.